The molecule has 5 atom stereocenters. The first-order valence-electron chi connectivity index (χ1n) is 10.3. The maximum absolute atomic E-state index is 12.1. The van der Waals surface area contributed by atoms with Crippen LogP contribution in [0.4, 0.5) is 0 Å². The van der Waals surface area contributed by atoms with Gasteiger partial charge < -0.3 is 10.2 Å². The number of hydrogen-bond donors (Lipinski definition) is 2. The minimum Gasteiger partial charge on any atom is -0.481 e. The molecular weight excluding hydrogens is 316 g/mol. The van der Waals surface area contributed by atoms with Crippen LogP contribution in [0.25, 0.3) is 0 Å². The Bertz CT molecular complexity index is 407. The second-order valence-electron chi connectivity index (χ2n) is 8.00. The molecule has 0 saturated heterocycles. The zero-order valence-electron chi connectivity index (χ0n) is 16.4. The van der Waals surface area contributed by atoms with Crippen LogP contribution in [0.2, 0.25) is 0 Å². The Hall–Kier alpha value is -0.900. The first-order valence-corrected chi connectivity index (χ1v) is 10.3. The highest BCUT2D eigenvalue weighted by Crippen LogP contribution is 2.45. The second-order valence-corrected chi connectivity index (χ2v) is 8.00. The zero-order chi connectivity index (χ0) is 18.8. The number of hydrogen-bond acceptors (Lipinski definition) is 3. The van der Waals surface area contributed by atoms with E-state index in [1.54, 1.807) is 0 Å². The molecule has 2 N–H and O–H groups in total. The van der Waals surface area contributed by atoms with Crippen molar-refractivity contribution in [2.75, 3.05) is 0 Å². The molecular formula is C21H38O4. The molecule has 0 unspecified atom stereocenters. The minimum atomic E-state index is -0.784. The molecule has 0 aliphatic heterocycles. The van der Waals surface area contributed by atoms with Crippen LogP contribution in [-0.2, 0) is 9.59 Å². The molecule has 1 fully saturated rings. The average molecular weight is 355 g/mol. The van der Waals surface area contributed by atoms with Crippen molar-refractivity contribution in [1.82, 2.24) is 0 Å². The molecule has 4 nitrogen and oxygen atoms in total. The van der Waals surface area contributed by atoms with Crippen LogP contribution < -0.4 is 0 Å². The van der Waals surface area contributed by atoms with Gasteiger partial charge in [0.15, 0.2) is 0 Å². The Kier molecular flexibility index (Phi) is 10.3. The quantitative estimate of drug-likeness (QED) is 0.465. The summed E-state index contributed by atoms with van der Waals surface area (Å²) in [5.41, 5.74) is 0. The van der Waals surface area contributed by atoms with Gasteiger partial charge in [-0.3, -0.25) is 9.59 Å². The number of unbranched alkanes of at least 4 members (excludes halogenated alkanes) is 4. The lowest BCUT2D eigenvalue weighted by Gasteiger charge is -2.29. The summed E-state index contributed by atoms with van der Waals surface area (Å²) >= 11 is 0. The van der Waals surface area contributed by atoms with Gasteiger partial charge >= 0.3 is 5.97 Å². The van der Waals surface area contributed by atoms with E-state index in [0.717, 1.165) is 44.9 Å². The fourth-order valence-corrected chi connectivity index (χ4v) is 4.54. The highest BCUT2D eigenvalue weighted by molar-refractivity contribution is 5.78. The van der Waals surface area contributed by atoms with E-state index in [1.807, 2.05) is 0 Å². The molecule has 146 valence electrons. The summed E-state index contributed by atoms with van der Waals surface area (Å²) in [6, 6.07) is 0. The average Bonchev–Trinajstić information content (AvgIpc) is 2.83. The lowest BCUT2D eigenvalue weighted by atomic mass is 9.76. The Labute approximate surface area is 153 Å². The van der Waals surface area contributed by atoms with Gasteiger partial charge in [-0.2, -0.15) is 0 Å². The fraction of sp³-hybridized carbons (Fsp3) is 0.905. The van der Waals surface area contributed by atoms with Crippen molar-refractivity contribution in [1.29, 1.82) is 0 Å². The molecule has 0 amide bonds. The maximum Gasteiger partial charge on any atom is 0.306 e. The van der Waals surface area contributed by atoms with Gasteiger partial charge in [0.2, 0.25) is 0 Å². The fourth-order valence-electron chi connectivity index (χ4n) is 4.54. The van der Waals surface area contributed by atoms with E-state index in [9.17, 15) is 19.8 Å². The van der Waals surface area contributed by atoms with Crippen molar-refractivity contribution in [2.45, 2.75) is 97.5 Å². The van der Waals surface area contributed by atoms with Gasteiger partial charge in [0.1, 0.15) is 5.78 Å². The van der Waals surface area contributed by atoms with E-state index in [0.29, 0.717) is 31.5 Å². The normalized spacial score (nSPS) is 27.4. The standard InChI is InChI=1S/C21H38O4/c1-4-6-8-10-16(22)12-13-17-15(3)14-19(23)20(17)18(21(24)25)11-9-7-5-2/h15,17-20,23H,4-14H2,1-3H3,(H,24,25)/t15-,17+,18-,19-,20+/m1/s1. The van der Waals surface area contributed by atoms with E-state index in [2.05, 4.69) is 20.8 Å². The monoisotopic (exact) mass is 354 g/mol. The number of carbonyl (C=O) groups excluding carboxylic acids is 1. The summed E-state index contributed by atoms with van der Waals surface area (Å²) in [5.74, 6) is -0.740. The van der Waals surface area contributed by atoms with Gasteiger partial charge in [-0.1, -0.05) is 52.9 Å². The largest absolute Gasteiger partial charge is 0.481 e. The third-order valence-electron chi connectivity index (χ3n) is 6.00. The van der Waals surface area contributed by atoms with Crippen molar-refractivity contribution in [2.24, 2.45) is 23.7 Å². The molecule has 25 heavy (non-hydrogen) atoms. The number of rotatable bonds is 13. The summed E-state index contributed by atoms with van der Waals surface area (Å²) in [6.07, 6.45) is 8.80. The topological polar surface area (TPSA) is 74.6 Å². The lowest BCUT2D eigenvalue weighted by molar-refractivity contribution is -0.146. The molecule has 1 saturated carbocycles. The number of ketones is 1. The molecule has 0 radical (unpaired) electrons. The number of carbonyl (C=O) groups is 2. The summed E-state index contributed by atoms with van der Waals surface area (Å²) in [4.78, 5) is 23.9. The van der Waals surface area contributed by atoms with Crippen molar-refractivity contribution in [3.05, 3.63) is 0 Å². The van der Waals surface area contributed by atoms with Gasteiger partial charge in [0.25, 0.3) is 0 Å². The highest BCUT2D eigenvalue weighted by Gasteiger charge is 2.46. The van der Waals surface area contributed by atoms with Crippen LogP contribution >= 0.6 is 0 Å². The predicted octanol–water partition coefficient (Wildman–Crippen LogP) is 4.83. The molecule has 0 spiro atoms. The lowest BCUT2D eigenvalue weighted by Crippen LogP contribution is -2.34. The van der Waals surface area contributed by atoms with Crippen molar-refractivity contribution < 1.29 is 19.8 Å². The molecule has 1 aliphatic rings. The molecule has 4 heteroatoms. The molecule has 0 aromatic carbocycles. The van der Waals surface area contributed by atoms with Crippen molar-refractivity contribution >= 4 is 11.8 Å². The third-order valence-corrected chi connectivity index (χ3v) is 6.00. The van der Waals surface area contributed by atoms with Crippen LogP contribution in [0.5, 0.6) is 0 Å². The number of carboxylic acids is 1. The summed E-state index contributed by atoms with van der Waals surface area (Å²) in [5, 5.41) is 20.2. The Balaban J connectivity index is 2.66. The van der Waals surface area contributed by atoms with Gasteiger partial charge in [0.05, 0.1) is 12.0 Å². The number of carboxylic acid groups (broad SMARTS) is 1. The molecule has 1 aliphatic carbocycles. The van der Waals surface area contributed by atoms with Crippen LogP contribution in [0.3, 0.4) is 0 Å². The second kappa shape index (κ2) is 11.7. The molecule has 0 bridgehead atoms. The van der Waals surface area contributed by atoms with Crippen molar-refractivity contribution in [3.63, 3.8) is 0 Å². The summed E-state index contributed by atoms with van der Waals surface area (Å²) in [6.45, 7) is 6.33. The van der Waals surface area contributed by atoms with Gasteiger partial charge in [-0.25, -0.2) is 0 Å². The van der Waals surface area contributed by atoms with Crippen molar-refractivity contribution in [3.8, 4) is 0 Å². The summed E-state index contributed by atoms with van der Waals surface area (Å²) < 4.78 is 0. The van der Waals surface area contributed by atoms with E-state index in [4.69, 9.17) is 0 Å². The summed E-state index contributed by atoms with van der Waals surface area (Å²) in [7, 11) is 0. The Morgan fingerprint density at radius 1 is 1.04 bits per heavy atom. The van der Waals surface area contributed by atoms with E-state index < -0.39 is 18.0 Å². The molecule has 0 heterocycles. The molecule has 0 aromatic rings. The number of aliphatic hydroxyl groups is 1. The van der Waals surface area contributed by atoms with E-state index in [1.165, 1.54) is 0 Å². The number of aliphatic hydroxyl groups excluding tert-OH is 1. The maximum atomic E-state index is 12.1. The van der Waals surface area contributed by atoms with E-state index >= 15 is 0 Å². The van der Waals surface area contributed by atoms with Crippen LogP contribution in [0.1, 0.15) is 91.4 Å². The van der Waals surface area contributed by atoms with Crippen LogP contribution in [0.15, 0.2) is 0 Å². The Morgan fingerprint density at radius 3 is 2.28 bits per heavy atom. The molecule has 1 rings (SSSR count). The highest BCUT2D eigenvalue weighted by atomic mass is 16.4. The number of aliphatic carboxylic acids is 1. The van der Waals surface area contributed by atoms with Gasteiger partial charge in [0, 0.05) is 18.8 Å². The third kappa shape index (κ3) is 7.08. The van der Waals surface area contributed by atoms with Gasteiger partial charge in [-0.15, -0.1) is 0 Å². The first kappa shape index (κ1) is 22.1. The van der Waals surface area contributed by atoms with Gasteiger partial charge in [-0.05, 0) is 37.5 Å². The SMILES string of the molecule is CCCCCC(=O)CC[C@@H]1[C@@H]([C@@H](CCCCC)C(=O)O)[C@H](O)C[C@H]1C. The number of Topliss-reactive ketones (excluding diaryl/α,β-unsaturated/α-hetero) is 1. The van der Waals surface area contributed by atoms with Crippen LogP contribution in [0, 0.1) is 23.7 Å². The predicted molar refractivity (Wildman–Crippen MR) is 100 cm³/mol. The van der Waals surface area contributed by atoms with E-state index in [-0.39, 0.29) is 17.8 Å². The smallest absolute Gasteiger partial charge is 0.306 e. The van der Waals surface area contributed by atoms with Crippen LogP contribution in [-0.4, -0.2) is 28.1 Å². The Morgan fingerprint density at radius 2 is 1.68 bits per heavy atom. The minimum absolute atomic E-state index is 0.146. The first-order chi connectivity index (χ1) is 11.9. The molecule has 0 aromatic heterocycles. The zero-order valence-corrected chi connectivity index (χ0v) is 16.4.